The number of benzene rings is 3. The SMILES string of the molecule is COc1ccc(C(=O)NNC(=O)COc2ccc(-c3ccccc3)cc2Br)cc1. The van der Waals surface area contributed by atoms with Gasteiger partial charge in [-0.2, -0.15) is 0 Å². The van der Waals surface area contributed by atoms with E-state index in [0.717, 1.165) is 15.6 Å². The zero-order chi connectivity index (χ0) is 20.6. The molecule has 0 radical (unpaired) electrons. The Morgan fingerprint density at radius 1 is 0.897 bits per heavy atom. The molecule has 2 amide bonds. The van der Waals surface area contributed by atoms with Crippen LogP contribution in [0.15, 0.2) is 77.3 Å². The van der Waals surface area contributed by atoms with E-state index in [1.165, 1.54) is 0 Å². The molecular weight excluding hydrogens is 436 g/mol. The van der Waals surface area contributed by atoms with Crippen molar-refractivity contribution in [1.29, 1.82) is 0 Å². The van der Waals surface area contributed by atoms with E-state index >= 15 is 0 Å². The molecule has 6 nitrogen and oxygen atoms in total. The molecule has 3 rings (SSSR count). The maximum Gasteiger partial charge on any atom is 0.276 e. The quantitative estimate of drug-likeness (QED) is 0.552. The number of methoxy groups -OCH3 is 1. The molecule has 0 fully saturated rings. The number of halogens is 1. The molecule has 3 aromatic rings. The molecule has 0 atom stereocenters. The zero-order valence-electron chi connectivity index (χ0n) is 15.6. The number of nitrogens with one attached hydrogen (secondary N) is 2. The first-order valence-electron chi connectivity index (χ1n) is 8.78. The van der Waals surface area contributed by atoms with Gasteiger partial charge in [-0.25, -0.2) is 0 Å². The molecule has 0 bridgehead atoms. The van der Waals surface area contributed by atoms with Gasteiger partial charge < -0.3 is 9.47 Å². The van der Waals surface area contributed by atoms with Crippen molar-refractivity contribution in [3.05, 3.63) is 82.8 Å². The number of hydrazine groups is 1. The molecular formula is C22H19BrN2O4. The summed E-state index contributed by atoms with van der Waals surface area (Å²) in [5.41, 5.74) is 7.18. The van der Waals surface area contributed by atoms with E-state index in [2.05, 4.69) is 26.8 Å². The number of rotatable bonds is 6. The Hall–Kier alpha value is -3.32. The highest BCUT2D eigenvalue weighted by molar-refractivity contribution is 9.10. The summed E-state index contributed by atoms with van der Waals surface area (Å²) in [5, 5.41) is 0. The number of carbonyl (C=O) groups excluding carboxylic acids is 2. The van der Waals surface area contributed by atoms with Crippen LogP contribution in [0.5, 0.6) is 11.5 Å². The van der Waals surface area contributed by atoms with Gasteiger partial charge in [0.15, 0.2) is 6.61 Å². The van der Waals surface area contributed by atoms with Gasteiger partial charge in [0.05, 0.1) is 11.6 Å². The topological polar surface area (TPSA) is 76.7 Å². The number of carbonyl (C=O) groups is 2. The molecule has 0 unspecified atom stereocenters. The van der Waals surface area contributed by atoms with Crippen LogP contribution >= 0.6 is 15.9 Å². The second kappa shape index (κ2) is 9.75. The van der Waals surface area contributed by atoms with Crippen molar-refractivity contribution in [2.75, 3.05) is 13.7 Å². The summed E-state index contributed by atoms with van der Waals surface area (Å²) in [5.74, 6) is 0.254. The fraction of sp³-hybridized carbons (Fsp3) is 0.0909. The van der Waals surface area contributed by atoms with Gasteiger partial charge in [0.2, 0.25) is 0 Å². The van der Waals surface area contributed by atoms with Crippen molar-refractivity contribution in [3.8, 4) is 22.6 Å². The molecule has 29 heavy (non-hydrogen) atoms. The monoisotopic (exact) mass is 454 g/mol. The molecule has 0 aliphatic heterocycles. The predicted octanol–water partition coefficient (Wildman–Crippen LogP) is 3.96. The molecule has 0 spiro atoms. The van der Waals surface area contributed by atoms with Crippen LogP contribution in [0, 0.1) is 0 Å². The first-order chi connectivity index (χ1) is 14.1. The maximum absolute atomic E-state index is 12.0. The number of ether oxygens (including phenoxy) is 2. The highest BCUT2D eigenvalue weighted by Gasteiger charge is 2.10. The summed E-state index contributed by atoms with van der Waals surface area (Å²) in [6.45, 7) is -0.244. The highest BCUT2D eigenvalue weighted by Crippen LogP contribution is 2.30. The lowest BCUT2D eigenvalue weighted by Crippen LogP contribution is -2.43. The fourth-order valence-corrected chi connectivity index (χ4v) is 3.04. The average molecular weight is 455 g/mol. The van der Waals surface area contributed by atoms with Crippen LogP contribution in [0.3, 0.4) is 0 Å². The van der Waals surface area contributed by atoms with E-state index in [1.807, 2.05) is 42.5 Å². The number of hydrogen-bond donors (Lipinski definition) is 2. The second-order valence-corrected chi connectivity index (χ2v) is 6.89. The van der Waals surface area contributed by atoms with Crippen molar-refractivity contribution in [2.45, 2.75) is 0 Å². The van der Waals surface area contributed by atoms with E-state index in [0.29, 0.717) is 17.1 Å². The van der Waals surface area contributed by atoms with Crippen LogP contribution in [0.1, 0.15) is 10.4 Å². The lowest BCUT2D eigenvalue weighted by Gasteiger charge is -2.11. The number of amides is 2. The molecule has 2 N–H and O–H groups in total. The van der Waals surface area contributed by atoms with E-state index in [4.69, 9.17) is 9.47 Å². The molecule has 0 saturated heterocycles. The molecule has 148 valence electrons. The van der Waals surface area contributed by atoms with Crippen molar-refractivity contribution in [3.63, 3.8) is 0 Å². The van der Waals surface area contributed by atoms with Crippen LogP contribution in [0.2, 0.25) is 0 Å². The van der Waals surface area contributed by atoms with E-state index in [1.54, 1.807) is 37.4 Å². The predicted molar refractivity (Wildman–Crippen MR) is 114 cm³/mol. The third-order valence-electron chi connectivity index (χ3n) is 4.07. The first-order valence-corrected chi connectivity index (χ1v) is 9.57. The maximum atomic E-state index is 12.0. The van der Waals surface area contributed by atoms with Crippen LogP contribution in [-0.4, -0.2) is 25.5 Å². The van der Waals surface area contributed by atoms with Crippen LogP contribution < -0.4 is 20.3 Å². The van der Waals surface area contributed by atoms with Crippen molar-refractivity contribution in [1.82, 2.24) is 10.9 Å². The van der Waals surface area contributed by atoms with Gasteiger partial charge in [-0.3, -0.25) is 20.4 Å². The zero-order valence-corrected chi connectivity index (χ0v) is 17.2. The molecule has 0 heterocycles. The van der Waals surface area contributed by atoms with E-state index in [-0.39, 0.29) is 6.61 Å². The van der Waals surface area contributed by atoms with Crippen LogP contribution in [0.25, 0.3) is 11.1 Å². The summed E-state index contributed by atoms with van der Waals surface area (Å²) in [4.78, 5) is 24.0. The van der Waals surface area contributed by atoms with Gasteiger partial charge in [-0.1, -0.05) is 36.4 Å². The normalized spacial score (nSPS) is 10.1. The lowest BCUT2D eigenvalue weighted by atomic mass is 10.1. The summed E-state index contributed by atoms with van der Waals surface area (Å²) in [6.07, 6.45) is 0. The summed E-state index contributed by atoms with van der Waals surface area (Å²) in [6, 6.07) is 22.1. The third-order valence-corrected chi connectivity index (χ3v) is 4.69. The minimum Gasteiger partial charge on any atom is -0.497 e. The summed E-state index contributed by atoms with van der Waals surface area (Å²) < 4.78 is 11.3. The largest absolute Gasteiger partial charge is 0.497 e. The molecule has 7 heteroatoms. The molecule has 0 aliphatic rings. The van der Waals surface area contributed by atoms with E-state index < -0.39 is 11.8 Å². The Bertz CT molecular complexity index is 991. The Labute approximate surface area is 176 Å². The standard InChI is InChI=1S/C22H19BrN2O4/c1-28-18-10-7-16(8-11-18)22(27)25-24-21(26)14-29-20-12-9-17(13-19(20)23)15-5-3-2-4-6-15/h2-13H,14H2,1H3,(H,24,26)(H,25,27). The summed E-state index contributed by atoms with van der Waals surface area (Å²) in [7, 11) is 1.54. The van der Waals surface area contributed by atoms with Gasteiger partial charge in [0.25, 0.3) is 11.8 Å². The van der Waals surface area contributed by atoms with Gasteiger partial charge in [-0.15, -0.1) is 0 Å². The molecule has 0 saturated carbocycles. The highest BCUT2D eigenvalue weighted by atomic mass is 79.9. The van der Waals surface area contributed by atoms with Crippen molar-refractivity contribution < 1.29 is 19.1 Å². The van der Waals surface area contributed by atoms with Crippen LogP contribution in [0.4, 0.5) is 0 Å². The minimum absolute atomic E-state index is 0.244. The molecule has 3 aromatic carbocycles. The minimum atomic E-state index is -0.481. The molecule has 0 aromatic heterocycles. The van der Waals surface area contributed by atoms with E-state index in [9.17, 15) is 9.59 Å². The lowest BCUT2D eigenvalue weighted by molar-refractivity contribution is -0.123. The van der Waals surface area contributed by atoms with Gasteiger partial charge in [0, 0.05) is 5.56 Å². The third kappa shape index (κ3) is 5.58. The van der Waals surface area contributed by atoms with Gasteiger partial charge >= 0.3 is 0 Å². The van der Waals surface area contributed by atoms with Gasteiger partial charge in [-0.05, 0) is 63.5 Å². The van der Waals surface area contributed by atoms with Crippen molar-refractivity contribution in [2.24, 2.45) is 0 Å². The second-order valence-electron chi connectivity index (χ2n) is 6.03. The average Bonchev–Trinajstić information content (AvgIpc) is 2.77. The Morgan fingerprint density at radius 3 is 2.28 bits per heavy atom. The van der Waals surface area contributed by atoms with Crippen LogP contribution in [-0.2, 0) is 4.79 Å². The Kier molecular flexibility index (Phi) is 6.86. The smallest absolute Gasteiger partial charge is 0.276 e. The van der Waals surface area contributed by atoms with Gasteiger partial charge in [0.1, 0.15) is 11.5 Å². The number of hydrogen-bond acceptors (Lipinski definition) is 4. The fourth-order valence-electron chi connectivity index (χ4n) is 2.55. The Balaban J connectivity index is 1.50. The Morgan fingerprint density at radius 2 is 1.62 bits per heavy atom. The van der Waals surface area contributed by atoms with Crippen molar-refractivity contribution >= 4 is 27.7 Å². The first kappa shape index (κ1) is 20.4. The molecule has 0 aliphatic carbocycles. The summed E-state index contributed by atoms with van der Waals surface area (Å²) >= 11 is 3.46.